The third-order valence-electron chi connectivity index (χ3n) is 3.21. The van der Waals surface area contributed by atoms with Crippen molar-refractivity contribution in [2.75, 3.05) is 19.6 Å². The molecule has 4 nitrogen and oxygen atoms in total. The quantitative estimate of drug-likeness (QED) is 0.727. The summed E-state index contributed by atoms with van der Waals surface area (Å²) in [4.78, 5) is 23.6. The van der Waals surface area contributed by atoms with E-state index in [1.54, 1.807) is 0 Å². The molecule has 1 aromatic rings. The molecule has 1 amide bonds. The van der Waals surface area contributed by atoms with Crippen molar-refractivity contribution in [2.45, 2.75) is 17.3 Å². The summed E-state index contributed by atoms with van der Waals surface area (Å²) in [7, 11) is 0. The minimum atomic E-state index is -4.49. The monoisotopic (exact) mass is 411 g/mol. The van der Waals surface area contributed by atoms with Crippen molar-refractivity contribution in [3.05, 3.63) is 35.4 Å². The Kier molecular flexibility index (Phi) is 7.58. The number of carbonyl (C=O) groups is 2. The van der Waals surface area contributed by atoms with Gasteiger partial charge in [0, 0.05) is 0 Å². The van der Waals surface area contributed by atoms with Crippen LogP contribution in [-0.2, 0) is 11.0 Å². The number of alkyl halides is 3. The molecular formula is C14H16AsClF3N2O2. The first kappa shape index (κ1) is 20.0. The Morgan fingerprint density at radius 3 is 2.70 bits per heavy atom. The molecule has 1 fully saturated rings. The predicted octanol–water partition coefficient (Wildman–Crippen LogP) is 1.87. The summed E-state index contributed by atoms with van der Waals surface area (Å²) in [6.07, 6.45) is -3.53. The van der Waals surface area contributed by atoms with Gasteiger partial charge in [-0.05, 0) is 0 Å². The van der Waals surface area contributed by atoms with Crippen LogP contribution in [0.3, 0.4) is 0 Å². The van der Waals surface area contributed by atoms with Gasteiger partial charge in [0.15, 0.2) is 0 Å². The van der Waals surface area contributed by atoms with E-state index in [0.717, 1.165) is 31.6 Å². The van der Waals surface area contributed by atoms with Crippen molar-refractivity contribution in [1.82, 2.24) is 10.6 Å². The van der Waals surface area contributed by atoms with Crippen molar-refractivity contribution in [2.24, 2.45) is 0 Å². The molecule has 2 N–H and O–H groups in total. The van der Waals surface area contributed by atoms with Crippen molar-refractivity contribution < 1.29 is 22.8 Å². The number of benzene rings is 1. The van der Waals surface area contributed by atoms with Crippen molar-refractivity contribution in [3.63, 3.8) is 0 Å². The number of hydrogen-bond donors (Lipinski definition) is 2. The van der Waals surface area contributed by atoms with Gasteiger partial charge < -0.3 is 0 Å². The second-order valence-corrected chi connectivity index (χ2v) is 8.05. The first-order valence-corrected chi connectivity index (χ1v) is 8.78. The molecule has 2 rings (SSSR count). The molecule has 0 bridgehead atoms. The molecule has 9 heteroatoms. The topological polar surface area (TPSA) is 58.2 Å². The number of nitrogens with one attached hydrogen (secondary N) is 2. The molecular weight excluding hydrogens is 396 g/mol. The summed E-state index contributed by atoms with van der Waals surface area (Å²) >= 11 is -0.512. The fourth-order valence-corrected chi connectivity index (χ4v) is 4.31. The standard InChI is InChI=1S/C14H15AsF3N2O2.ClH/c16-14(17,18)10-3-1-2-9(6-10)13(22)20-8-12(21)15-11-4-5-19-7-11;/h1-3,6,11,19H,4-5,7-8H2,(H,20,22);1H/t11-;/m1./s1. The van der Waals surface area contributed by atoms with Crippen LogP contribution in [-0.4, -0.2) is 45.9 Å². The zero-order valence-electron chi connectivity index (χ0n) is 12.0. The fourth-order valence-electron chi connectivity index (χ4n) is 2.09. The SMILES string of the molecule is Cl.O=C(CNC(=O)c1cccc(C(F)(F)F)c1)[As][C@@H]1CCNC1. The molecule has 127 valence electrons. The van der Waals surface area contributed by atoms with E-state index in [4.69, 9.17) is 0 Å². The van der Waals surface area contributed by atoms with E-state index in [2.05, 4.69) is 10.6 Å². The Bertz CT molecular complexity index is 563. The molecule has 1 atom stereocenters. The van der Waals surface area contributed by atoms with Crippen LogP contribution in [0.2, 0.25) is 4.71 Å². The van der Waals surface area contributed by atoms with Crippen LogP contribution in [0.1, 0.15) is 22.3 Å². The predicted molar refractivity (Wildman–Crippen MR) is 83.0 cm³/mol. The molecule has 1 saturated heterocycles. The van der Waals surface area contributed by atoms with E-state index in [0.29, 0.717) is 4.71 Å². The van der Waals surface area contributed by atoms with Gasteiger partial charge in [0.05, 0.1) is 0 Å². The molecule has 0 saturated carbocycles. The third-order valence-corrected chi connectivity index (χ3v) is 5.84. The minimum absolute atomic E-state index is 0. The van der Waals surface area contributed by atoms with Gasteiger partial charge in [-0.25, -0.2) is 0 Å². The van der Waals surface area contributed by atoms with Gasteiger partial charge >= 0.3 is 132 Å². The van der Waals surface area contributed by atoms with Crippen molar-refractivity contribution in [3.8, 4) is 0 Å². The summed E-state index contributed by atoms with van der Waals surface area (Å²) in [6.45, 7) is 1.61. The van der Waals surface area contributed by atoms with Gasteiger partial charge in [0.2, 0.25) is 0 Å². The number of halogens is 4. The Hall–Kier alpha value is -1.04. The van der Waals surface area contributed by atoms with E-state index in [1.165, 1.54) is 12.1 Å². The Morgan fingerprint density at radius 1 is 1.35 bits per heavy atom. The molecule has 0 aliphatic carbocycles. The fraction of sp³-hybridized carbons (Fsp3) is 0.429. The molecule has 1 aliphatic heterocycles. The van der Waals surface area contributed by atoms with Crippen LogP contribution < -0.4 is 10.6 Å². The maximum atomic E-state index is 12.6. The second-order valence-electron chi connectivity index (χ2n) is 4.93. The van der Waals surface area contributed by atoms with Crippen molar-refractivity contribution in [1.29, 1.82) is 0 Å². The second kappa shape index (κ2) is 8.71. The maximum absolute atomic E-state index is 12.6. The van der Waals surface area contributed by atoms with Crippen LogP contribution >= 0.6 is 12.4 Å². The van der Waals surface area contributed by atoms with Gasteiger partial charge in [0.1, 0.15) is 0 Å². The summed E-state index contributed by atoms with van der Waals surface area (Å²) in [5, 5.41) is 5.56. The molecule has 0 unspecified atom stereocenters. The molecule has 1 heterocycles. The van der Waals surface area contributed by atoms with Gasteiger partial charge in [-0.3, -0.25) is 0 Å². The molecule has 1 aromatic carbocycles. The summed E-state index contributed by atoms with van der Waals surface area (Å²) in [5.74, 6) is -0.662. The number of amides is 1. The molecule has 0 spiro atoms. The van der Waals surface area contributed by atoms with Crippen LogP contribution in [0.15, 0.2) is 24.3 Å². The van der Waals surface area contributed by atoms with E-state index in [9.17, 15) is 22.8 Å². The van der Waals surface area contributed by atoms with E-state index in [-0.39, 0.29) is 29.1 Å². The first-order valence-electron chi connectivity index (χ1n) is 6.76. The Morgan fingerprint density at radius 2 is 2.09 bits per heavy atom. The summed E-state index contributed by atoms with van der Waals surface area (Å²) in [5.41, 5.74) is -0.976. The van der Waals surface area contributed by atoms with Gasteiger partial charge in [-0.2, -0.15) is 0 Å². The average molecular weight is 412 g/mol. The van der Waals surface area contributed by atoms with E-state index in [1.807, 2.05) is 0 Å². The average Bonchev–Trinajstić information content (AvgIpc) is 2.97. The number of carbonyl (C=O) groups excluding carboxylic acids is 2. The summed E-state index contributed by atoms with van der Waals surface area (Å²) in [6, 6.07) is 4.16. The van der Waals surface area contributed by atoms with Crippen LogP contribution in [0, 0.1) is 0 Å². The third kappa shape index (κ3) is 6.16. The first-order chi connectivity index (χ1) is 10.4. The molecule has 1 radical (unpaired) electrons. The van der Waals surface area contributed by atoms with E-state index < -0.39 is 33.4 Å². The van der Waals surface area contributed by atoms with Crippen LogP contribution in [0.4, 0.5) is 13.2 Å². The Balaban J connectivity index is 0.00000264. The number of hydrogen-bond acceptors (Lipinski definition) is 3. The molecule has 0 aromatic heterocycles. The van der Waals surface area contributed by atoms with Crippen molar-refractivity contribution >= 4 is 38.6 Å². The van der Waals surface area contributed by atoms with Gasteiger partial charge in [-0.1, -0.05) is 0 Å². The van der Waals surface area contributed by atoms with Crippen LogP contribution in [0.5, 0.6) is 0 Å². The van der Waals surface area contributed by atoms with E-state index >= 15 is 0 Å². The normalized spacial score (nSPS) is 18.0. The molecule has 23 heavy (non-hydrogen) atoms. The zero-order chi connectivity index (χ0) is 16.2. The zero-order valence-corrected chi connectivity index (χ0v) is 14.7. The summed E-state index contributed by atoms with van der Waals surface area (Å²) < 4.78 is 38.1. The van der Waals surface area contributed by atoms with Crippen LogP contribution in [0.25, 0.3) is 0 Å². The molecule has 1 aliphatic rings. The Labute approximate surface area is 144 Å². The number of rotatable bonds is 5. The van der Waals surface area contributed by atoms with Gasteiger partial charge in [-0.15, -0.1) is 12.4 Å². The van der Waals surface area contributed by atoms with Gasteiger partial charge in [0.25, 0.3) is 0 Å².